The molecular formula is C16H14FN3O4. The maximum Gasteiger partial charge on any atom is 0.270 e. The number of amides is 1. The zero-order valence-corrected chi connectivity index (χ0v) is 12.7. The van der Waals surface area contributed by atoms with E-state index >= 15 is 0 Å². The number of nitrogens with zero attached hydrogens (tertiary/aromatic N) is 2. The number of anilines is 1. The second-order valence-corrected chi connectivity index (χ2v) is 4.83. The standard InChI is InChI=1S/C16H14FN3O4/c1-11(12-4-2-7-15(8-12)20(22)23)24-18-10-16(21)19-14-6-3-5-13(17)9-14/h2-11H,1H3,(H,19,21). The van der Waals surface area contributed by atoms with Crippen molar-refractivity contribution in [2.45, 2.75) is 13.0 Å². The van der Waals surface area contributed by atoms with E-state index in [1.165, 1.54) is 42.5 Å². The van der Waals surface area contributed by atoms with Crippen LogP contribution in [0, 0.1) is 15.9 Å². The van der Waals surface area contributed by atoms with Gasteiger partial charge in [-0.2, -0.15) is 0 Å². The number of non-ortho nitro benzene ring substituents is 1. The summed E-state index contributed by atoms with van der Waals surface area (Å²) in [5.41, 5.74) is 0.779. The minimum absolute atomic E-state index is 0.0595. The van der Waals surface area contributed by atoms with Gasteiger partial charge in [0.25, 0.3) is 11.6 Å². The Morgan fingerprint density at radius 3 is 2.79 bits per heavy atom. The van der Waals surface area contributed by atoms with Gasteiger partial charge in [0.05, 0.1) is 4.92 Å². The van der Waals surface area contributed by atoms with Gasteiger partial charge in [-0.25, -0.2) is 4.39 Å². The fourth-order valence-electron chi connectivity index (χ4n) is 1.86. The van der Waals surface area contributed by atoms with Gasteiger partial charge in [-0.3, -0.25) is 14.9 Å². The van der Waals surface area contributed by atoms with Gasteiger partial charge in [0.1, 0.15) is 18.1 Å². The van der Waals surface area contributed by atoms with Crippen LogP contribution in [0.2, 0.25) is 0 Å². The van der Waals surface area contributed by atoms with E-state index in [0.29, 0.717) is 5.56 Å². The lowest BCUT2D eigenvalue weighted by Gasteiger charge is -2.09. The number of nitro benzene ring substituents is 1. The first-order valence-corrected chi connectivity index (χ1v) is 6.96. The Morgan fingerprint density at radius 2 is 2.08 bits per heavy atom. The molecule has 1 amide bonds. The molecule has 0 radical (unpaired) electrons. The summed E-state index contributed by atoms with van der Waals surface area (Å²) >= 11 is 0. The fourth-order valence-corrected chi connectivity index (χ4v) is 1.86. The van der Waals surface area contributed by atoms with E-state index in [4.69, 9.17) is 4.84 Å². The summed E-state index contributed by atoms with van der Waals surface area (Å²) in [6.07, 6.45) is 0.321. The van der Waals surface area contributed by atoms with Crippen molar-refractivity contribution in [1.29, 1.82) is 0 Å². The van der Waals surface area contributed by atoms with Crippen LogP contribution in [0.4, 0.5) is 15.8 Å². The second kappa shape index (κ2) is 7.82. The van der Waals surface area contributed by atoms with E-state index in [9.17, 15) is 19.3 Å². The summed E-state index contributed by atoms with van der Waals surface area (Å²) < 4.78 is 13.0. The van der Waals surface area contributed by atoms with Crippen LogP contribution >= 0.6 is 0 Å². The molecule has 0 aliphatic carbocycles. The Morgan fingerprint density at radius 1 is 1.33 bits per heavy atom. The van der Waals surface area contributed by atoms with Gasteiger partial charge in [0.2, 0.25) is 0 Å². The molecule has 2 aromatic rings. The lowest BCUT2D eigenvalue weighted by molar-refractivity contribution is -0.385. The van der Waals surface area contributed by atoms with Crippen LogP contribution in [0.25, 0.3) is 0 Å². The zero-order valence-electron chi connectivity index (χ0n) is 12.7. The summed E-state index contributed by atoms with van der Waals surface area (Å²) in [4.78, 5) is 27.0. The highest BCUT2D eigenvalue weighted by Gasteiger charge is 2.11. The van der Waals surface area contributed by atoms with Crippen molar-refractivity contribution >= 4 is 23.5 Å². The SMILES string of the molecule is CC(ON=CC(=O)Nc1cccc(F)c1)c1cccc([N+](=O)[O-])c1. The second-order valence-electron chi connectivity index (χ2n) is 4.83. The molecule has 0 aliphatic heterocycles. The van der Waals surface area contributed by atoms with Gasteiger partial charge < -0.3 is 10.2 Å². The van der Waals surface area contributed by atoms with Crippen LogP contribution < -0.4 is 5.32 Å². The van der Waals surface area contributed by atoms with E-state index in [2.05, 4.69) is 10.5 Å². The molecule has 24 heavy (non-hydrogen) atoms. The number of halogens is 1. The number of benzene rings is 2. The van der Waals surface area contributed by atoms with Gasteiger partial charge >= 0.3 is 0 Å². The van der Waals surface area contributed by atoms with E-state index in [1.807, 2.05) is 0 Å². The molecule has 1 atom stereocenters. The van der Waals surface area contributed by atoms with Gasteiger partial charge in [0.15, 0.2) is 0 Å². The van der Waals surface area contributed by atoms with Crippen LogP contribution in [0.15, 0.2) is 53.7 Å². The normalized spacial score (nSPS) is 11.9. The van der Waals surface area contributed by atoms with Crippen LogP contribution in [0.5, 0.6) is 0 Å². The monoisotopic (exact) mass is 331 g/mol. The maximum absolute atomic E-state index is 13.0. The largest absolute Gasteiger partial charge is 0.388 e. The zero-order chi connectivity index (χ0) is 17.5. The predicted molar refractivity (Wildman–Crippen MR) is 86.1 cm³/mol. The number of nitrogens with one attached hydrogen (secondary N) is 1. The first kappa shape index (κ1) is 17.1. The minimum atomic E-state index is -0.591. The Bertz CT molecular complexity index is 779. The van der Waals surface area contributed by atoms with E-state index < -0.39 is 22.8 Å². The summed E-state index contributed by atoms with van der Waals surface area (Å²) in [6.45, 7) is 1.64. The summed E-state index contributed by atoms with van der Waals surface area (Å²) in [6, 6.07) is 11.3. The maximum atomic E-state index is 13.0. The quantitative estimate of drug-likeness (QED) is 0.498. The number of hydrogen-bond acceptors (Lipinski definition) is 5. The topological polar surface area (TPSA) is 93.8 Å². The molecule has 0 saturated heterocycles. The van der Waals surface area contributed by atoms with E-state index in [0.717, 1.165) is 6.21 Å². The highest BCUT2D eigenvalue weighted by Crippen LogP contribution is 2.21. The first-order chi connectivity index (χ1) is 11.5. The average molecular weight is 331 g/mol. The van der Waals surface area contributed by atoms with Crippen molar-refractivity contribution in [2.75, 3.05) is 5.32 Å². The molecule has 2 rings (SSSR count). The molecule has 124 valence electrons. The van der Waals surface area contributed by atoms with Crippen LogP contribution in [0.3, 0.4) is 0 Å². The lowest BCUT2D eigenvalue weighted by atomic mass is 10.1. The molecule has 0 spiro atoms. The van der Waals surface area contributed by atoms with Gasteiger partial charge in [-0.05, 0) is 25.1 Å². The third-order valence-electron chi connectivity index (χ3n) is 3.03. The Hall–Kier alpha value is -3.29. The first-order valence-electron chi connectivity index (χ1n) is 6.96. The van der Waals surface area contributed by atoms with Crippen LogP contribution in [0.1, 0.15) is 18.6 Å². The van der Waals surface area contributed by atoms with Crippen molar-refractivity contribution in [3.63, 3.8) is 0 Å². The van der Waals surface area contributed by atoms with Crippen LogP contribution in [-0.4, -0.2) is 17.0 Å². The Balaban J connectivity index is 1.92. The molecule has 1 N–H and O–H groups in total. The molecule has 7 nitrogen and oxygen atoms in total. The number of carbonyl (C=O) groups is 1. The number of hydrogen-bond donors (Lipinski definition) is 1. The summed E-state index contributed by atoms with van der Waals surface area (Å²) in [5, 5.41) is 16.7. The molecule has 0 saturated carbocycles. The predicted octanol–water partition coefficient (Wildman–Crippen LogP) is 3.44. The van der Waals surface area contributed by atoms with E-state index in [1.54, 1.807) is 13.0 Å². The number of oxime groups is 1. The third kappa shape index (κ3) is 4.87. The smallest absolute Gasteiger partial charge is 0.270 e. The van der Waals surface area contributed by atoms with Gasteiger partial charge in [-0.15, -0.1) is 0 Å². The number of nitro groups is 1. The van der Waals surface area contributed by atoms with E-state index in [-0.39, 0.29) is 11.4 Å². The highest BCUT2D eigenvalue weighted by atomic mass is 19.1. The Kier molecular flexibility index (Phi) is 5.56. The summed E-state index contributed by atoms with van der Waals surface area (Å²) in [5.74, 6) is -1.06. The molecule has 0 bridgehead atoms. The van der Waals surface area contributed by atoms with Crippen molar-refractivity contribution in [3.05, 3.63) is 70.0 Å². The lowest BCUT2D eigenvalue weighted by Crippen LogP contribution is -2.13. The molecule has 0 fully saturated rings. The minimum Gasteiger partial charge on any atom is -0.388 e. The molecule has 2 aromatic carbocycles. The molecule has 0 aliphatic rings. The van der Waals surface area contributed by atoms with Crippen molar-refractivity contribution in [3.8, 4) is 0 Å². The molecule has 1 unspecified atom stereocenters. The van der Waals surface area contributed by atoms with Gasteiger partial charge in [0, 0.05) is 23.4 Å². The molecule has 0 heterocycles. The Labute approximate surface area is 136 Å². The fraction of sp³-hybridized carbons (Fsp3) is 0.125. The number of carbonyl (C=O) groups excluding carboxylic acids is 1. The van der Waals surface area contributed by atoms with Gasteiger partial charge in [-0.1, -0.05) is 23.4 Å². The molecule has 0 aromatic heterocycles. The molecule has 8 heteroatoms. The third-order valence-corrected chi connectivity index (χ3v) is 3.03. The summed E-state index contributed by atoms with van der Waals surface area (Å²) in [7, 11) is 0. The van der Waals surface area contributed by atoms with Crippen LogP contribution in [-0.2, 0) is 9.63 Å². The molecular weight excluding hydrogens is 317 g/mol. The average Bonchev–Trinajstić information content (AvgIpc) is 2.54. The van der Waals surface area contributed by atoms with Crippen molar-refractivity contribution in [2.24, 2.45) is 5.16 Å². The van der Waals surface area contributed by atoms with Crippen molar-refractivity contribution in [1.82, 2.24) is 0 Å². The van der Waals surface area contributed by atoms with Crippen molar-refractivity contribution < 1.29 is 18.9 Å². The number of rotatable bonds is 6. The highest BCUT2D eigenvalue weighted by molar-refractivity contribution is 6.31.